The normalized spacial score (nSPS) is 31.4. The highest BCUT2D eigenvalue weighted by molar-refractivity contribution is 5.26. The van der Waals surface area contributed by atoms with Crippen LogP contribution in [0.25, 0.3) is 0 Å². The van der Waals surface area contributed by atoms with Crippen molar-refractivity contribution in [3.05, 3.63) is 23.3 Å². The summed E-state index contributed by atoms with van der Waals surface area (Å²) in [6.45, 7) is 5.68. The van der Waals surface area contributed by atoms with E-state index < -0.39 is 35.6 Å². The first-order valence-corrected chi connectivity index (χ1v) is 14.9. The third-order valence-corrected chi connectivity index (χ3v) is 9.88. The molecule has 41 heavy (non-hydrogen) atoms. The first-order chi connectivity index (χ1) is 18.8. The zero-order chi connectivity index (χ0) is 30.9. The molecule has 3 rings (SSSR count). The first kappa shape index (κ1) is 34.0. The maximum absolute atomic E-state index is 13.4. The Morgan fingerprint density at radius 2 is 1.59 bits per heavy atom. The fourth-order valence-corrected chi connectivity index (χ4v) is 7.49. The zero-order valence-electron chi connectivity index (χ0n) is 24.6. The lowest BCUT2D eigenvalue weighted by atomic mass is 9.60. The van der Waals surface area contributed by atoms with Gasteiger partial charge in [-0.05, 0) is 108 Å². The Morgan fingerprint density at radius 3 is 2.15 bits per heavy atom. The molecule has 0 aliphatic heterocycles. The number of allylic oxidation sites excluding steroid dienone is 3. The van der Waals surface area contributed by atoms with Crippen molar-refractivity contribution in [1.29, 1.82) is 0 Å². The average molecular weight is 593 g/mol. The summed E-state index contributed by atoms with van der Waals surface area (Å²) in [5, 5.41) is 30.3. The summed E-state index contributed by atoms with van der Waals surface area (Å²) < 4.78 is 80.7. The topological polar surface area (TPSA) is 60.7 Å². The molecular weight excluding hydrogens is 546 g/mol. The molecule has 0 spiro atoms. The molecule has 3 fully saturated rings. The van der Waals surface area contributed by atoms with Crippen LogP contribution in [-0.4, -0.2) is 45.5 Å². The summed E-state index contributed by atoms with van der Waals surface area (Å²) in [6.07, 6.45) is -0.561. The largest absolute Gasteiger partial charge is 0.413 e. The van der Waals surface area contributed by atoms with Crippen LogP contribution in [0, 0.1) is 40.4 Å². The van der Waals surface area contributed by atoms with Crippen LogP contribution in [0.2, 0.25) is 0 Å². The fourth-order valence-electron chi connectivity index (χ4n) is 7.49. The molecular formula is C32H46F6O3. The van der Waals surface area contributed by atoms with Crippen LogP contribution in [0.3, 0.4) is 0 Å². The predicted molar refractivity (Wildman–Crippen MR) is 146 cm³/mol. The van der Waals surface area contributed by atoms with Gasteiger partial charge < -0.3 is 15.3 Å². The lowest BCUT2D eigenvalue weighted by Crippen LogP contribution is -2.46. The molecule has 3 nitrogen and oxygen atoms in total. The molecule has 9 heteroatoms. The van der Waals surface area contributed by atoms with E-state index in [4.69, 9.17) is 0 Å². The van der Waals surface area contributed by atoms with Crippen LogP contribution in [0.15, 0.2) is 23.3 Å². The van der Waals surface area contributed by atoms with Gasteiger partial charge in [-0.1, -0.05) is 42.6 Å². The van der Waals surface area contributed by atoms with Crippen molar-refractivity contribution < 1.29 is 41.7 Å². The van der Waals surface area contributed by atoms with Crippen LogP contribution in [-0.2, 0) is 0 Å². The Morgan fingerprint density at radius 1 is 0.976 bits per heavy atom. The summed E-state index contributed by atoms with van der Waals surface area (Å²) in [5.74, 6) is 4.07. The van der Waals surface area contributed by atoms with E-state index in [0.717, 1.165) is 37.7 Å². The summed E-state index contributed by atoms with van der Waals surface area (Å²) in [5.41, 5.74) is -2.88. The summed E-state index contributed by atoms with van der Waals surface area (Å²) in [4.78, 5) is 0. The number of hydrogen-bond donors (Lipinski definition) is 3. The number of fused-ring (bicyclic) bond motifs is 1. The van der Waals surface area contributed by atoms with Crippen molar-refractivity contribution in [2.24, 2.45) is 28.6 Å². The molecule has 0 bridgehead atoms. The molecule has 3 saturated carbocycles. The highest BCUT2D eigenvalue weighted by Crippen LogP contribution is 2.60. The molecule has 3 aliphatic carbocycles. The molecule has 0 aromatic carbocycles. The number of alkyl halides is 6. The van der Waals surface area contributed by atoms with E-state index in [2.05, 4.69) is 18.9 Å². The summed E-state index contributed by atoms with van der Waals surface area (Å²) in [6, 6.07) is 0. The van der Waals surface area contributed by atoms with Crippen LogP contribution >= 0.6 is 0 Å². The fraction of sp³-hybridized carbons (Fsp3) is 0.812. The van der Waals surface area contributed by atoms with E-state index in [9.17, 15) is 41.7 Å². The van der Waals surface area contributed by atoms with Crippen molar-refractivity contribution in [3.63, 3.8) is 0 Å². The Kier molecular flexibility index (Phi) is 10.5. The second kappa shape index (κ2) is 12.6. The molecule has 0 saturated heterocycles. The van der Waals surface area contributed by atoms with Crippen LogP contribution in [0.5, 0.6) is 0 Å². The molecule has 0 aromatic heterocycles. The number of aliphatic hydroxyl groups is 3. The minimum atomic E-state index is -5.54. The predicted octanol–water partition coefficient (Wildman–Crippen LogP) is 8.04. The molecule has 0 amide bonds. The van der Waals surface area contributed by atoms with Gasteiger partial charge in [0.25, 0.3) is 0 Å². The van der Waals surface area contributed by atoms with Gasteiger partial charge >= 0.3 is 12.4 Å². The molecule has 3 aliphatic rings. The second-order valence-electron chi connectivity index (χ2n) is 13.7. The zero-order valence-corrected chi connectivity index (χ0v) is 24.6. The maximum Gasteiger partial charge on any atom is 0.413 e. The SMILES string of the molecule is CC(C)(O)CCC[C@@H](CC#CC(C)(C(F)(F)F)C(F)(F)F)[C@H]1CCC2/C(=C/C=C3C[C@@H](O)C[C@H](O)C3)CCC[C@@]21C. The molecule has 0 heterocycles. The van der Waals surface area contributed by atoms with Gasteiger partial charge in [0.05, 0.1) is 17.8 Å². The minimum absolute atomic E-state index is 0.0561. The van der Waals surface area contributed by atoms with Gasteiger partial charge in [-0.3, -0.25) is 0 Å². The number of rotatable bonds is 7. The van der Waals surface area contributed by atoms with E-state index in [-0.39, 0.29) is 36.5 Å². The summed E-state index contributed by atoms with van der Waals surface area (Å²) in [7, 11) is 0. The van der Waals surface area contributed by atoms with Crippen LogP contribution in [0.1, 0.15) is 105 Å². The van der Waals surface area contributed by atoms with Crippen molar-refractivity contribution in [1.82, 2.24) is 0 Å². The molecule has 3 N–H and O–H groups in total. The lowest BCUT2D eigenvalue weighted by molar-refractivity contribution is -0.310. The van der Waals surface area contributed by atoms with Gasteiger partial charge in [-0.2, -0.15) is 26.3 Å². The Balaban J connectivity index is 1.87. The van der Waals surface area contributed by atoms with E-state index >= 15 is 0 Å². The van der Waals surface area contributed by atoms with Gasteiger partial charge in [-0.25, -0.2) is 0 Å². The maximum atomic E-state index is 13.4. The third kappa shape index (κ3) is 8.12. The Labute approximate surface area is 240 Å². The van der Waals surface area contributed by atoms with Gasteiger partial charge in [-0.15, -0.1) is 5.92 Å². The molecule has 0 aromatic rings. The quantitative estimate of drug-likeness (QED) is 0.207. The molecule has 1 unspecified atom stereocenters. The van der Waals surface area contributed by atoms with Gasteiger partial charge in [0.1, 0.15) is 0 Å². The van der Waals surface area contributed by atoms with E-state index in [1.54, 1.807) is 19.8 Å². The third-order valence-electron chi connectivity index (χ3n) is 9.88. The standard InChI is InChI=1S/C32H46F6O3/c1-28(2,41)15-5-8-22(10-7-17-30(4,31(33,34)35)32(36,37)38)26-13-14-27-23(9-6-16-29(26,27)3)12-11-21-18-24(39)20-25(40)19-21/h11-12,22,24-27,39-41H,5-6,8-10,13-16,18-20H2,1-4H3/b23-12+/t22-,24+,25+,26+,27?,29+/m0/s1. The monoisotopic (exact) mass is 592 g/mol. The summed E-state index contributed by atoms with van der Waals surface area (Å²) >= 11 is 0. The lowest BCUT2D eigenvalue weighted by Gasteiger charge is -2.45. The van der Waals surface area contributed by atoms with Crippen LogP contribution < -0.4 is 0 Å². The highest BCUT2D eigenvalue weighted by Gasteiger charge is 2.67. The van der Waals surface area contributed by atoms with E-state index in [1.165, 1.54) is 5.57 Å². The molecule has 0 radical (unpaired) electrons. The minimum Gasteiger partial charge on any atom is -0.393 e. The van der Waals surface area contributed by atoms with Gasteiger partial charge in [0.2, 0.25) is 5.41 Å². The van der Waals surface area contributed by atoms with Crippen LogP contribution in [0.4, 0.5) is 26.3 Å². The van der Waals surface area contributed by atoms with Crippen molar-refractivity contribution in [2.45, 2.75) is 135 Å². The number of halogens is 6. The Bertz CT molecular complexity index is 999. The first-order valence-electron chi connectivity index (χ1n) is 14.9. The van der Waals surface area contributed by atoms with E-state index in [0.29, 0.717) is 38.5 Å². The van der Waals surface area contributed by atoms with E-state index in [1.807, 2.05) is 6.08 Å². The van der Waals surface area contributed by atoms with Gasteiger partial charge in [0.15, 0.2) is 0 Å². The number of aliphatic hydroxyl groups excluding tert-OH is 2. The number of hydrogen-bond acceptors (Lipinski definition) is 3. The molecule has 6 atom stereocenters. The van der Waals surface area contributed by atoms with Crippen molar-refractivity contribution >= 4 is 0 Å². The Hall–Kier alpha value is -1.50. The average Bonchev–Trinajstić information content (AvgIpc) is 3.16. The molecule has 234 valence electrons. The highest BCUT2D eigenvalue weighted by atomic mass is 19.4. The second-order valence-corrected chi connectivity index (χ2v) is 13.7. The van der Waals surface area contributed by atoms with Crippen molar-refractivity contribution in [3.8, 4) is 11.8 Å². The van der Waals surface area contributed by atoms with Crippen molar-refractivity contribution in [2.75, 3.05) is 0 Å². The smallest absolute Gasteiger partial charge is 0.393 e. The van der Waals surface area contributed by atoms with Gasteiger partial charge in [0, 0.05) is 6.42 Å².